The van der Waals surface area contributed by atoms with Crippen LogP contribution < -0.4 is 0 Å². The number of hydrogen-bond acceptors (Lipinski definition) is 10. The fourth-order valence-corrected chi connectivity index (χ4v) is 4.63. The molecular formula is C24H30O10. The molecule has 34 heavy (non-hydrogen) atoms. The molecule has 0 unspecified atom stereocenters. The number of carbonyl (C=O) groups excluding carboxylic acids is 4. The van der Waals surface area contributed by atoms with E-state index in [1.165, 1.54) is 27.9 Å². The zero-order valence-corrected chi connectivity index (χ0v) is 20.3. The van der Waals surface area contributed by atoms with Gasteiger partial charge in [0.05, 0.1) is 11.2 Å². The molecular weight excluding hydrogens is 448 g/mol. The van der Waals surface area contributed by atoms with Gasteiger partial charge in [0.2, 0.25) is 5.79 Å². The van der Waals surface area contributed by atoms with Crippen LogP contribution in [0.1, 0.15) is 53.9 Å². The predicted octanol–water partition coefficient (Wildman–Crippen LogP) is 2.41. The minimum atomic E-state index is -1.44. The highest BCUT2D eigenvalue weighted by molar-refractivity contribution is 5.96. The number of hydrogen-bond donors (Lipinski definition) is 0. The lowest BCUT2D eigenvalue weighted by Crippen LogP contribution is -2.58. The van der Waals surface area contributed by atoms with Crippen molar-refractivity contribution in [3.05, 3.63) is 35.1 Å². The standard InChI is InChI=1S/C24H30O10/c1-13(2)20(27)31-18-11-23(6,33-15(4)26)24(29-7)9-8-22(5,34-24)10-17-19(18)16(21(28)32-17)12-30-14(3)25/h10,18H,1,8-9,11-12H2,2-7H3/b17-10+/t18-,22-,23+,24-/m0/s1. The summed E-state index contributed by atoms with van der Waals surface area (Å²) in [5.74, 6) is -3.93. The first-order chi connectivity index (χ1) is 15.7. The van der Waals surface area contributed by atoms with E-state index in [0.29, 0.717) is 12.8 Å². The van der Waals surface area contributed by atoms with Gasteiger partial charge in [0, 0.05) is 44.9 Å². The van der Waals surface area contributed by atoms with Crippen LogP contribution in [0.15, 0.2) is 35.1 Å². The van der Waals surface area contributed by atoms with Crippen LogP contribution in [0.25, 0.3) is 0 Å². The highest BCUT2D eigenvalue weighted by Gasteiger charge is 2.62. The van der Waals surface area contributed by atoms with Crippen LogP contribution in [0.2, 0.25) is 0 Å². The summed E-state index contributed by atoms with van der Waals surface area (Å²) in [6.45, 7) is 10.6. The van der Waals surface area contributed by atoms with Gasteiger partial charge in [-0.15, -0.1) is 0 Å². The van der Waals surface area contributed by atoms with E-state index >= 15 is 0 Å². The second-order valence-electron chi connectivity index (χ2n) is 9.15. The number of rotatable bonds is 6. The molecule has 0 aromatic heterocycles. The van der Waals surface area contributed by atoms with Gasteiger partial charge in [0.25, 0.3) is 0 Å². The van der Waals surface area contributed by atoms with E-state index in [0.717, 1.165) is 0 Å². The van der Waals surface area contributed by atoms with Crippen molar-refractivity contribution in [2.45, 2.75) is 77.0 Å². The van der Waals surface area contributed by atoms with Crippen molar-refractivity contribution in [3.8, 4) is 0 Å². The number of esters is 4. The Hall–Kier alpha value is -2.98. The molecule has 0 aromatic carbocycles. The first-order valence-electron chi connectivity index (χ1n) is 10.9. The summed E-state index contributed by atoms with van der Waals surface area (Å²) >= 11 is 0. The molecule has 3 aliphatic rings. The van der Waals surface area contributed by atoms with E-state index in [4.69, 9.17) is 28.4 Å². The molecule has 0 spiro atoms. The monoisotopic (exact) mass is 478 g/mol. The fraction of sp³-hybridized carbons (Fsp3) is 0.583. The number of fused-ring (bicyclic) bond motifs is 3. The number of ether oxygens (including phenoxy) is 6. The molecule has 0 N–H and O–H groups in total. The lowest BCUT2D eigenvalue weighted by molar-refractivity contribution is -0.313. The molecule has 186 valence electrons. The smallest absolute Gasteiger partial charge is 0.343 e. The highest BCUT2D eigenvalue weighted by Crippen LogP contribution is 2.52. The molecule has 0 aliphatic carbocycles. The molecule has 3 rings (SSSR count). The Bertz CT molecular complexity index is 1010. The Morgan fingerprint density at radius 2 is 1.82 bits per heavy atom. The van der Waals surface area contributed by atoms with Crippen molar-refractivity contribution < 1.29 is 47.6 Å². The Morgan fingerprint density at radius 1 is 1.15 bits per heavy atom. The Morgan fingerprint density at radius 3 is 2.38 bits per heavy atom. The summed E-state index contributed by atoms with van der Waals surface area (Å²) in [5, 5.41) is 0. The maximum absolute atomic E-state index is 12.8. The van der Waals surface area contributed by atoms with Crippen molar-refractivity contribution >= 4 is 23.9 Å². The lowest BCUT2D eigenvalue weighted by atomic mass is 9.82. The lowest BCUT2D eigenvalue weighted by Gasteiger charge is -2.45. The van der Waals surface area contributed by atoms with Crippen molar-refractivity contribution in [2.75, 3.05) is 13.7 Å². The second kappa shape index (κ2) is 8.99. The fourth-order valence-electron chi connectivity index (χ4n) is 4.63. The minimum absolute atomic E-state index is 0.0129. The van der Waals surface area contributed by atoms with Gasteiger partial charge >= 0.3 is 23.9 Å². The maximum atomic E-state index is 12.8. The summed E-state index contributed by atoms with van der Waals surface area (Å²) in [6.07, 6.45) is 1.14. The van der Waals surface area contributed by atoms with Crippen LogP contribution in [-0.2, 0) is 47.6 Å². The van der Waals surface area contributed by atoms with Gasteiger partial charge in [0.1, 0.15) is 18.5 Å². The second-order valence-corrected chi connectivity index (χ2v) is 9.15. The zero-order valence-electron chi connectivity index (χ0n) is 20.3. The summed E-state index contributed by atoms with van der Waals surface area (Å²) in [6, 6.07) is 0. The van der Waals surface area contributed by atoms with Crippen molar-refractivity contribution in [1.82, 2.24) is 0 Å². The molecule has 3 aliphatic heterocycles. The summed E-state index contributed by atoms with van der Waals surface area (Å²) < 4.78 is 34.3. The average molecular weight is 478 g/mol. The number of carbonyl (C=O) groups is 4. The van der Waals surface area contributed by atoms with E-state index in [2.05, 4.69) is 6.58 Å². The first kappa shape index (κ1) is 25.6. The minimum Gasteiger partial charge on any atom is -0.461 e. The quantitative estimate of drug-likeness (QED) is 0.319. The molecule has 10 nitrogen and oxygen atoms in total. The van der Waals surface area contributed by atoms with Crippen LogP contribution in [0, 0.1) is 0 Å². The molecule has 3 heterocycles. The largest absolute Gasteiger partial charge is 0.461 e. The normalized spacial score (nSPS) is 34.0. The van der Waals surface area contributed by atoms with E-state index in [-0.39, 0.29) is 35.5 Å². The number of methoxy groups -OCH3 is 1. The Kier molecular flexibility index (Phi) is 6.78. The van der Waals surface area contributed by atoms with Gasteiger partial charge in [-0.25, -0.2) is 9.59 Å². The summed E-state index contributed by atoms with van der Waals surface area (Å²) in [7, 11) is 1.44. The molecule has 1 fully saturated rings. The highest BCUT2D eigenvalue weighted by atomic mass is 16.7. The van der Waals surface area contributed by atoms with Gasteiger partial charge < -0.3 is 28.4 Å². The molecule has 0 saturated carbocycles. The van der Waals surface area contributed by atoms with E-state index in [1.807, 2.05) is 0 Å². The molecule has 0 amide bonds. The Labute approximate surface area is 197 Å². The van der Waals surface area contributed by atoms with Crippen LogP contribution >= 0.6 is 0 Å². The zero-order chi connectivity index (χ0) is 25.5. The molecule has 10 heteroatoms. The van der Waals surface area contributed by atoms with E-state index in [1.54, 1.807) is 19.9 Å². The molecule has 0 aromatic rings. The average Bonchev–Trinajstić information content (AvgIpc) is 3.22. The van der Waals surface area contributed by atoms with Crippen molar-refractivity contribution in [1.29, 1.82) is 0 Å². The third-order valence-electron chi connectivity index (χ3n) is 6.24. The predicted molar refractivity (Wildman–Crippen MR) is 116 cm³/mol. The van der Waals surface area contributed by atoms with Gasteiger partial charge in [-0.05, 0) is 33.3 Å². The Balaban J connectivity index is 2.25. The molecule has 0 radical (unpaired) electrons. The van der Waals surface area contributed by atoms with Gasteiger partial charge in [-0.3, -0.25) is 9.59 Å². The molecule has 4 atom stereocenters. The van der Waals surface area contributed by atoms with Crippen molar-refractivity contribution in [3.63, 3.8) is 0 Å². The van der Waals surface area contributed by atoms with Crippen LogP contribution in [0.5, 0.6) is 0 Å². The molecule has 1 saturated heterocycles. The van der Waals surface area contributed by atoms with Gasteiger partial charge in [-0.2, -0.15) is 0 Å². The van der Waals surface area contributed by atoms with Crippen molar-refractivity contribution in [2.24, 2.45) is 0 Å². The van der Waals surface area contributed by atoms with Gasteiger partial charge in [0.15, 0.2) is 5.60 Å². The van der Waals surface area contributed by atoms with Crippen LogP contribution in [0.4, 0.5) is 0 Å². The SMILES string of the molecule is C=C(C)C(=O)O[C@H]1C[C@@](C)(OC(C)=O)[C@]2(OC)CC[C@@](C)(/C=C3/OC(=O)C(COC(C)=O)=C31)O2. The van der Waals surface area contributed by atoms with Gasteiger partial charge in [-0.1, -0.05) is 6.58 Å². The van der Waals surface area contributed by atoms with Crippen LogP contribution in [-0.4, -0.2) is 60.7 Å². The third-order valence-corrected chi connectivity index (χ3v) is 6.24. The summed E-state index contributed by atoms with van der Waals surface area (Å²) in [5.41, 5.74) is -2.07. The summed E-state index contributed by atoms with van der Waals surface area (Å²) in [4.78, 5) is 49.0. The van der Waals surface area contributed by atoms with Crippen LogP contribution in [0.3, 0.4) is 0 Å². The molecule has 2 bridgehead atoms. The van der Waals surface area contributed by atoms with E-state index < -0.39 is 47.0 Å². The topological polar surface area (TPSA) is 124 Å². The third kappa shape index (κ3) is 4.65. The maximum Gasteiger partial charge on any atom is 0.343 e. The first-order valence-corrected chi connectivity index (χ1v) is 10.9. The van der Waals surface area contributed by atoms with E-state index in [9.17, 15) is 19.2 Å².